The first-order valence-corrected chi connectivity index (χ1v) is 10.8. The minimum absolute atomic E-state index is 0.691. The number of hydrogen-bond donors (Lipinski definition) is 2. The lowest BCUT2D eigenvalue weighted by Gasteiger charge is -2.13. The third-order valence-electron chi connectivity index (χ3n) is 5.76. The summed E-state index contributed by atoms with van der Waals surface area (Å²) in [6.45, 7) is 6.22. The predicted molar refractivity (Wildman–Crippen MR) is 131 cm³/mol. The molecule has 0 saturated heterocycles. The summed E-state index contributed by atoms with van der Waals surface area (Å²) in [5.41, 5.74) is 23.4. The molecule has 0 radical (unpaired) electrons. The Morgan fingerprint density at radius 2 is 1.03 bits per heavy atom. The van der Waals surface area contributed by atoms with Crippen LogP contribution in [0.1, 0.15) is 50.5 Å². The Morgan fingerprint density at radius 3 is 1.44 bits per heavy atom. The van der Waals surface area contributed by atoms with Gasteiger partial charge in [-0.3, -0.25) is 15.0 Å². The molecule has 3 aromatic heterocycles. The summed E-state index contributed by atoms with van der Waals surface area (Å²) >= 11 is 0. The van der Waals surface area contributed by atoms with Crippen LogP contribution in [-0.4, -0.2) is 15.0 Å². The highest BCUT2D eigenvalue weighted by atomic mass is 14.7. The molecule has 0 aliphatic carbocycles. The van der Waals surface area contributed by atoms with E-state index in [1.165, 1.54) is 22.3 Å². The first-order chi connectivity index (χ1) is 15.4. The normalized spacial score (nSPS) is 11.0. The molecule has 0 spiro atoms. The Hall–Kier alpha value is -3.73. The van der Waals surface area contributed by atoms with Crippen molar-refractivity contribution in [3.05, 3.63) is 112 Å². The van der Waals surface area contributed by atoms with Gasteiger partial charge in [-0.1, -0.05) is 24.3 Å². The van der Waals surface area contributed by atoms with E-state index in [1.807, 2.05) is 24.4 Å². The van der Waals surface area contributed by atoms with Crippen molar-refractivity contribution in [2.24, 2.45) is 0 Å². The smallest absolute Gasteiger partial charge is 0.0503 e. The van der Waals surface area contributed by atoms with Gasteiger partial charge in [-0.15, -0.1) is 0 Å². The summed E-state index contributed by atoms with van der Waals surface area (Å²) in [7, 11) is 0. The molecule has 1 aromatic carbocycles. The fraction of sp³-hybridized carbons (Fsp3) is 0.222. The van der Waals surface area contributed by atoms with Crippen LogP contribution in [0.3, 0.4) is 0 Å². The fourth-order valence-corrected chi connectivity index (χ4v) is 4.05. The highest BCUT2D eigenvalue weighted by Gasteiger charge is 2.10. The van der Waals surface area contributed by atoms with Gasteiger partial charge in [-0.05, 0) is 72.4 Å². The molecule has 0 unspecified atom stereocenters. The van der Waals surface area contributed by atoms with Crippen LogP contribution in [0, 0.1) is 20.8 Å². The van der Waals surface area contributed by atoms with Gasteiger partial charge in [0.15, 0.2) is 0 Å². The van der Waals surface area contributed by atoms with Gasteiger partial charge in [-0.2, -0.15) is 0 Å². The van der Waals surface area contributed by atoms with Gasteiger partial charge in [-0.25, -0.2) is 0 Å². The van der Waals surface area contributed by atoms with Crippen LogP contribution in [0.25, 0.3) is 0 Å². The van der Waals surface area contributed by atoms with E-state index in [-0.39, 0.29) is 0 Å². The maximum atomic E-state index is 5.89. The fourth-order valence-electron chi connectivity index (χ4n) is 4.05. The van der Waals surface area contributed by atoms with E-state index in [1.54, 1.807) is 12.4 Å². The van der Waals surface area contributed by atoms with Crippen molar-refractivity contribution in [3.63, 3.8) is 0 Å². The van der Waals surface area contributed by atoms with Crippen LogP contribution >= 0.6 is 0 Å². The third kappa shape index (κ3) is 5.11. The summed E-state index contributed by atoms with van der Waals surface area (Å²) in [6.07, 6.45) is 7.61. The SMILES string of the molecule is Cc1cccnc1Cc1cc(Cc2ncc(N)cc2C)cc(Cc2ncc(N)cc2C)c1. The number of pyridine rings is 3. The Bertz CT molecular complexity index is 1190. The van der Waals surface area contributed by atoms with Gasteiger partial charge in [0.05, 0.1) is 23.8 Å². The summed E-state index contributed by atoms with van der Waals surface area (Å²) in [6, 6.07) is 14.8. The molecule has 0 atom stereocenters. The van der Waals surface area contributed by atoms with Crippen molar-refractivity contribution in [2.75, 3.05) is 11.5 Å². The van der Waals surface area contributed by atoms with Gasteiger partial charge >= 0.3 is 0 Å². The molecule has 0 amide bonds. The Morgan fingerprint density at radius 1 is 0.594 bits per heavy atom. The number of nitrogens with zero attached hydrogens (tertiary/aromatic N) is 3. The molecule has 3 heterocycles. The summed E-state index contributed by atoms with van der Waals surface area (Å²) < 4.78 is 0. The molecule has 0 aliphatic rings. The minimum atomic E-state index is 0.691. The topological polar surface area (TPSA) is 90.7 Å². The summed E-state index contributed by atoms with van der Waals surface area (Å²) in [4.78, 5) is 13.7. The zero-order valence-electron chi connectivity index (χ0n) is 18.9. The molecule has 0 bridgehead atoms. The Labute approximate surface area is 189 Å². The average molecular weight is 424 g/mol. The first-order valence-electron chi connectivity index (χ1n) is 10.8. The third-order valence-corrected chi connectivity index (χ3v) is 5.76. The van der Waals surface area contributed by atoms with E-state index < -0.39 is 0 Å². The van der Waals surface area contributed by atoms with Gasteiger partial charge in [0.1, 0.15) is 0 Å². The number of nitrogens with two attached hydrogens (primary N) is 2. The molecule has 5 heteroatoms. The van der Waals surface area contributed by atoms with Crippen LogP contribution in [0.15, 0.2) is 61.1 Å². The monoisotopic (exact) mass is 423 g/mol. The summed E-state index contributed by atoms with van der Waals surface area (Å²) in [5, 5.41) is 0. The van der Waals surface area contributed by atoms with Crippen LogP contribution < -0.4 is 11.5 Å². The number of hydrogen-bond acceptors (Lipinski definition) is 5. The summed E-state index contributed by atoms with van der Waals surface area (Å²) in [5.74, 6) is 0. The van der Waals surface area contributed by atoms with Crippen molar-refractivity contribution in [1.29, 1.82) is 0 Å². The Kier molecular flexibility index (Phi) is 6.17. The van der Waals surface area contributed by atoms with E-state index in [0.29, 0.717) is 11.4 Å². The van der Waals surface area contributed by atoms with Crippen LogP contribution in [-0.2, 0) is 19.3 Å². The second-order valence-electron chi connectivity index (χ2n) is 8.52. The maximum absolute atomic E-state index is 5.89. The van der Waals surface area contributed by atoms with Gasteiger partial charge in [0.2, 0.25) is 0 Å². The van der Waals surface area contributed by atoms with Gasteiger partial charge in [0.25, 0.3) is 0 Å². The van der Waals surface area contributed by atoms with Crippen LogP contribution in [0.2, 0.25) is 0 Å². The average Bonchev–Trinajstić information content (AvgIpc) is 2.74. The predicted octanol–water partition coefficient (Wildman–Crippen LogP) is 4.73. The molecule has 0 fully saturated rings. The minimum Gasteiger partial charge on any atom is -0.397 e. The zero-order valence-corrected chi connectivity index (χ0v) is 18.9. The molecule has 5 nitrogen and oxygen atoms in total. The van der Waals surface area contributed by atoms with Crippen molar-refractivity contribution in [3.8, 4) is 0 Å². The lowest BCUT2D eigenvalue weighted by molar-refractivity contribution is 0.991. The van der Waals surface area contributed by atoms with Crippen molar-refractivity contribution < 1.29 is 0 Å². The molecule has 4 rings (SSSR count). The number of aryl methyl sites for hydroxylation is 3. The molecule has 0 saturated carbocycles. The molecular formula is C27H29N5. The number of aromatic nitrogens is 3. The molecule has 4 aromatic rings. The lowest BCUT2D eigenvalue weighted by atomic mass is 9.95. The van der Waals surface area contributed by atoms with E-state index >= 15 is 0 Å². The second kappa shape index (κ2) is 9.18. The van der Waals surface area contributed by atoms with E-state index in [2.05, 4.69) is 60.0 Å². The quantitative estimate of drug-likeness (QED) is 0.468. The number of anilines is 2. The molecular weight excluding hydrogens is 394 g/mol. The highest BCUT2D eigenvalue weighted by Crippen LogP contribution is 2.22. The molecule has 4 N–H and O–H groups in total. The number of rotatable bonds is 6. The maximum Gasteiger partial charge on any atom is 0.0503 e. The standard InChI is InChI=1S/C27H29N5/c1-17-5-4-6-30-25(17)12-20-9-21(13-26-18(2)7-23(28)15-31-26)11-22(10-20)14-27-19(3)8-24(29)16-32-27/h4-11,15-16H,12-14,28-29H2,1-3H3. The number of benzene rings is 1. The van der Waals surface area contributed by atoms with Crippen molar-refractivity contribution in [1.82, 2.24) is 15.0 Å². The van der Waals surface area contributed by atoms with E-state index in [9.17, 15) is 0 Å². The van der Waals surface area contributed by atoms with Crippen molar-refractivity contribution in [2.45, 2.75) is 40.0 Å². The van der Waals surface area contributed by atoms with E-state index in [0.717, 1.165) is 47.5 Å². The number of nitrogen functional groups attached to an aromatic ring is 2. The molecule has 32 heavy (non-hydrogen) atoms. The molecule has 162 valence electrons. The lowest BCUT2D eigenvalue weighted by Crippen LogP contribution is -2.03. The van der Waals surface area contributed by atoms with Gasteiger partial charge in [0, 0.05) is 42.5 Å². The Balaban J connectivity index is 1.71. The van der Waals surface area contributed by atoms with Crippen LogP contribution in [0.5, 0.6) is 0 Å². The molecule has 0 aliphatic heterocycles. The van der Waals surface area contributed by atoms with Gasteiger partial charge < -0.3 is 11.5 Å². The first kappa shape index (κ1) is 21.5. The van der Waals surface area contributed by atoms with Crippen LogP contribution in [0.4, 0.5) is 11.4 Å². The largest absolute Gasteiger partial charge is 0.397 e. The van der Waals surface area contributed by atoms with E-state index in [4.69, 9.17) is 11.5 Å². The second-order valence-corrected chi connectivity index (χ2v) is 8.52. The zero-order chi connectivity index (χ0) is 22.7. The van der Waals surface area contributed by atoms with Crippen molar-refractivity contribution >= 4 is 11.4 Å². The highest BCUT2D eigenvalue weighted by molar-refractivity contribution is 5.44.